The van der Waals surface area contributed by atoms with Crippen molar-refractivity contribution in [2.45, 2.75) is 0 Å². The van der Waals surface area contributed by atoms with E-state index < -0.39 is 0 Å². The molecule has 2 aromatic heterocycles. The Bertz CT molecular complexity index is 985. The molecule has 0 aliphatic carbocycles. The van der Waals surface area contributed by atoms with Crippen LogP contribution in [0.4, 0.5) is 11.4 Å². The van der Waals surface area contributed by atoms with Crippen molar-refractivity contribution in [1.29, 1.82) is 0 Å². The summed E-state index contributed by atoms with van der Waals surface area (Å²) in [7, 11) is 8.13. The van der Waals surface area contributed by atoms with E-state index >= 15 is 0 Å². The van der Waals surface area contributed by atoms with Crippen LogP contribution >= 0.6 is 28.7 Å². The van der Waals surface area contributed by atoms with Crippen LogP contribution in [0.25, 0.3) is 21.8 Å². The van der Waals surface area contributed by atoms with Crippen LogP contribution in [0.5, 0.6) is 0 Å². The predicted molar refractivity (Wildman–Crippen MR) is 116 cm³/mol. The summed E-state index contributed by atoms with van der Waals surface area (Å²) in [5, 5.41) is 22.1. The van der Waals surface area contributed by atoms with Gasteiger partial charge in [-0.2, -0.15) is 10.2 Å². The normalized spacial score (nSPS) is 9.65. The Morgan fingerprint density at radius 1 is 1.04 bits per heavy atom. The molecule has 7 nitrogen and oxygen atoms in total. The second-order valence-corrected chi connectivity index (χ2v) is 6.07. The quantitative estimate of drug-likeness (QED) is 0.244. The third kappa shape index (κ3) is 4.86. The van der Waals surface area contributed by atoms with Gasteiger partial charge < -0.3 is 10.6 Å². The Labute approximate surface area is 166 Å². The molecule has 0 spiro atoms. The standard InChI is InChI=1S/C8H8BrN3.C8H9N3.BHNS/c1-10-6-3-2-5-4-11-12-8(5)7(6)9;1-9-7-3-2-6-5-10-11-8(6)4-7;1-2-3/h2-4,10H,1H3,(H,11,12);2-5,9H,1H3,(H,10,11);3H. The van der Waals surface area contributed by atoms with Gasteiger partial charge in [-0.1, -0.05) is 0 Å². The molecule has 2 aromatic carbocycles. The Morgan fingerprint density at radius 3 is 2.38 bits per heavy atom. The van der Waals surface area contributed by atoms with Gasteiger partial charge in [0, 0.05) is 30.6 Å². The number of H-pyrrole nitrogens is 2. The maximum atomic E-state index is 4.34. The van der Waals surface area contributed by atoms with E-state index in [1.807, 2.05) is 50.6 Å². The predicted octanol–water partition coefficient (Wildman–Crippen LogP) is 4.16. The molecule has 1 radical (unpaired) electrons. The zero-order valence-corrected chi connectivity index (χ0v) is 16.8. The first-order valence-corrected chi connectivity index (χ1v) is 8.78. The van der Waals surface area contributed by atoms with Gasteiger partial charge in [0.15, 0.2) is 0 Å². The fourth-order valence-electron chi connectivity index (χ4n) is 2.26. The van der Waals surface area contributed by atoms with Crippen molar-refractivity contribution < 1.29 is 0 Å². The van der Waals surface area contributed by atoms with E-state index in [4.69, 9.17) is 0 Å². The molecule has 133 valence electrons. The average molecular weight is 431 g/mol. The van der Waals surface area contributed by atoms with E-state index in [2.05, 4.69) is 71.7 Å². The number of nitrogens with one attached hydrogen (secondary N) is 4. The number of nitrogens with zero attached hydrogens (tertiary/aromatic N) is 3. The molecule has 2 heterocycles. The van der Waals surface area contributed by atoms with Crippen molar-refractivity contribution in [1.82, 2.24) is 20.4 Å². The second-order valence-electron chi connectivity index (χ2n) is 5.05. The summed E-state index contributed by atoms with van der Waals surface area (Å²) in [4.78, 5) is 0. The number of aromatic nitrogens is 4. The monoisotopic (exact) mass is 430 g/mol. The van der Waals surface area contributed by atoms with Gasteiger partial charge in [-0.15, -0.1) is 0 Å². The molecule has 4 rings (SSSR count). The molecule has 0 saturated heterocycles. The molecule has 0 aliphatic rings. The summed E-state index contributed by atoms with van der Waals surface area (Å²) in [6.45, 7) is 0. The maximum absolute atomic E-state index is 4.34. The van der Waals surface area contributed by atoms with Gasteiger partial charge in [-0.05, 0) is 46.3 Å². The van der Waals surface area contributed by atoms with Crippen LogP contribution < -0.4 is 10.6 Å². The molecule has 0 saturated carbocycles. The summed E-state index contributed by atoms with van der Waals surface area (Å²) >= 11 is 6.68. The molecule has 0 fully saturated rings. The molecule has 10 heteroatoms. The van der Waals surface area contributed by atoms with Crippen LogP contribution in [0.3, 0.4) is 0 Å². The van der Waals surface area contributed by atoms with E-state index in [0.29, 0.717) is 0 Å². The Morgan fingerprint density at radius 2 is 1.69 bits per heavy atom. The number of rotatable bonds is 2. The van der Waals surface area contributed by atoms with Crippen molar-refractivity contribution in [2.75, 3.05) is 24.7 Å². The van der Waals surface area contributed by atoms with Gasteiger partial charge >= 0.3 is 24.8 Å². The van der Waals surface area contributed by atoms with Gasteiger partial charge in [0.1, 0.15) is 0 Å². The van der Waals surface area contributed by atoms with Gasteiger partial charge in [0.05, 0.1) is 33.6 Å². The third-order valence-corrected chi connectivity index (χ3v) is 4.38. The summed E-state index contributed by atoms with van der Waals surface area (Å²) in [5.74, 6) is 0. The van der Waals surface area contributed by atoms with Gasteiger partial charge in [-0.25, -0.2) is 0 Å². The Balaban J connectivity index is 0.000000163. The second kappa shape index (κ2) is 9.98. The van der Waals surface area contributed by atoms with Crippen LogP contribution in [-0.2, 0) is 0 Å². The molecule has 26 heavy (non-hydrogen) atoms. The number of hydrogen-bond acceptors (Lipinski definition) is 6. The van der Waals surface area contributed by atoms with E-state index in [9.17, 15) is 0 Å². The minimum atomic E-state index is 1.03. The van der Waals surface area contributed by atoms with E-state index in [1.165, 1.54) is 0 Å². The fourth-order valence-corrected chi connectivity index (χ4v) is 2.91. The molecule has 4 N–H and O–H groups in total. The van der Waals surface area contributed by atoms with Crippen molar-refractivity contribution in [3.8, 4) is 0 Å². The van der Waals surface area contributed by atoms with Crippen molar-refractivity contribution in [3.05, 3.63) is 47.2 Å². The SMILES string of the molecule is CNc1ccc2cn[nH]c2c1.CNc1ccc2cn[nH]c2c1Br.[B]=NS. The molecule has 4 aromatic rings. The number of fused-ring (bicyclic) bond motifs is 2. The number of hydrogen-bond donors (Lipinski definition) is 5. The number of thiol groups is 1. The fraction of sp³-hybridized carbons (Fsp3) is 0.125. The summed E-state index contributed by atoms with van der Waals surface area (Å²) in [5.41, 5.74) is 4.26. The van der Waals surface area contributed by atoms with Crippen molar-refractivity contribution >= 4 is 69.6 Å². The first kappa shape index (κ1) is 20.0. The summed E-state index contributed by atoms with van der Waals surface area (Å²) in [6.07, 6.45) is 3.62. The Hall–Kier alpha value is -2.33. The van der Waals surface area contributed by atoms with Gasteiger partial charge in [0.2, 0.25) is 0 Å². The van der Waals surface area contributed by atoms with Crippen LogP contribution in [-0.4, -0.2) is 42.1 Å². The summed E-state index contributed by atoms with van der Waals surface area (Å²) < 4.78 is 3.72. The Kier molecular flexibility index (Phi) is 7.67. The van der Waals surface area contributed by atoms with Crippen LogP contribution in [0.15, 0.2) is 51.5 Å². The number of halogens is 1. The molecule has 0 aliphatic heterocycles. The first-order valence-electron chi connectivity index (χ1n) is 7.59. The van der Waals surface area contributed by atoms with Crippen LogP contribution in [0.2, 0.25) is 0 Å². The molecule has 0 bridgehead atoms. The summed E-state index contributed by atoms with van der Waals surface area (Å²) in [6, 6.07) is 10.1. The van der Waals surface area contributed by atoms with Crippen molar-refractivity contribution in [3.63, 3.8) is 0 Å². The van der Waals surface area contributed by atoms with Crippen molar-refractivity contribution in [2.24, 2.45) is 4.30 Å². The number of benzene rings is 2. The molecular weight excluding hydrogens is 413 g/mol. The first-order chi connectivity index (χ1) is 12.6. The minimum absolute atomic E-state index is 1.03. The topological polar surface area (TPSA) is 93.8 Å². The molecule has 0 atom stereocenters. The van der Waals surface area contributed by atoms with Crippen LogP contribution in [0.1, 0.15) is 0 Å². The average Bonchev–Trinajstić information content (AvgIpc) is 3.32. The third-order valence-electron chi connectivity index (χ3n) is 3.55. The zero-order valence-electron chi connectivity index (χ0n) is 14.3. The van der Waals surface area contributed by atoms with Gasteiger partial charge in [0.25, 0.3) is 0 Å². The van der Waals surface area contributed by atoms with Gasteiger partial charge in [-0.3, -0.25) is 10.2 Å². The van der Waals surface area contributed by atoms with E-state index in [0.717, 1.165) is 37.7 Å². The zero-order chi connectivity index (χ0) is 18.9. The van der Waals surface area contributed by atoms with Crippen LogP contribution in [0, 0.1) is 0 Å². The number of aromatic amines is 2. The molecular formula is C16H18BBrN7S. The number of anilines is 2. The van der Waals surface area contributed by atoms with E-state index in [1.54, 1.807) is 6.20 Å². The molecule has 0 unspecified atom stereocenters. The molecule has 0 amide bonds. The van der Waals surface area contributed by atoms with E-state index in [-0.39, 0.29) is 0 Å².